The van der Waals surface area contributed by atoms with Crippen molar-refractivity contribution in [2.45, 2.75) is 25.8 Å². The molecule has 1 heterocycles. The summed E-state index contributed by atoms with van der Waals surface area (Å²) in [6, 6.07) is 5.69. The van der Waals surface area contributed by atoms with Crippen LogP contribution in [0.4, 0.5) is 0 Å². The third-order valence-corrected chi connectivity index (χ3v) is 3.35. The van der Waals surface area contributed by atoms with Crippen LogP contribution in [0.1, 0.15) is 28.8 Å². The van der Waals surface area contributed by atoms with Crippen molar-refractivity contribution in [3.8, 4) is 0 Å². The van der Waals surface area contributed by atoms with Crippen molar-refractivity contribution in [3.63, 3.8) is 0 Å². The van der Waals surface area contributed by atoms with Crippen molar-refractivity contribution in [2.75, 3.05) is 13.1 Å². The summed E-state index contributed by atoms with van der Waals surface area (Å²) in [6.07, 6.45) is 1.98. The van der Waals surface area contributed by atoms with Crippen molar-refractivity contribution in [1.82, 2.24) is 10.6 Å². The first kappa shape index (κ1) is 12.4. The summed E-state index contributed by atoms with van der Waals surface area (Å²) in [4.78, 5) is 12.1. The standard InChI is InChI=1S/C13H17ClN2O/c1-9-2-3-10(14)8-12(9)13(17)16-11-4-6-15-7-5-11/h2-3,8,11,15H,4-7H2,1H3,(H,16,17). The molecule has 0 saturated carbocycles. The summed E-state index contributed by atoms with van der Waals surface area (Å²) in [5.74, 6) is -0.0168. The molecule has 4 heteroatoms. The topological polar surface area (TPSA) is 41.1 Å². The lowest BCUT2D eigenvalue weighted by molar-refractivity contribution is 0.0929. The van der Waals surface area contributed by atoms with Crippen LogP contribution in [-0.4, -0.2) is 25.0 Å². The smallest absolute Gasteiger partial charge is 0.251 e. The van der Waals surface area contributed by atoms with Gasteiger partial charge in [0.15, 0.2) is 0 Å². The fraction of sp³-hybridized carbons (Fsp3) is 0.462. The minimum atomic E-state index is -0.0168. The minimum absolute atomic E-state index is 0.0168. The van der Waals surface area contributed by atoms with Crippen LogP contribution in [0.25, 0.3) is 0 Å². The minimum Gasteiger partial charge on any atom is -0.349 e. The van der Waals surface area contributed by atoms with E-state index >= 15 is 0 Å². The lowest BCUT2D eigenvalue weighted by Gasteiger charge is -2.24. The Morgan fingerprint density at radius 1 is 1.41 bits per heavy atom. The van der Waals surface area contributed by atoms with Gasteiger partial charge in [0.2, 0.25) is 0 Å². The van der Waals surface area contributed by atoms with Crippen molar-refractivity contribution < 1.29 is 4.79 Å². The number of nitrogens with one attached hydrogen (secondary N) is 2. The zero-order chi connectivity index (χ0) is 12.3. The molecule has 0 aliphatic carbocycles. The van der Waals surface area contributed by atoms with E-state index < -0.39 is 0 Å². The van der Waals surface area contributed by atoms with Gasteiger partial charge in [-0.15, -0.1) is 0 Å². The fourth-order valence-corrected chi connectivity index (χ4v) is 2.24. The number of rotatable bonds is 2. The van der Waals surface area contributed by atoms with E-state index in [-0.39, 0.29) is 11.9 Å². The Kier molecular flexibility index (Phi) is 4.02. The number of aryl methyl sites for hydroxylation is 1. The molecule has 3 nitrogen and oxygen atoms in total. The summed E-state index contributed by atoms with van der Waals surface area (Å²) in [6.45, 7) is 3.87. The van der Waals surface area contributed by atoms with Gasteiger partial charge >= 0.3 is 0 Å². The highest BCUT2D eigenvalue weighted by Gasteiger charge is 2.17. The van der Waals surface area contributed by atoms with Crippen LogP contribution in [0.5, 0.6) is 0 Å². The molecule has 92 valence electrons. The normalized spacial score (nSPS) is 16.8. The van der Waals surface area contributed by atoms with Gasteiger partial charge in [0.05, 0.1) is 0 Å². The maximum absolute atomic E-state index is 12.1. The molecule has 0 radical (unpaired) electrons. The van der Waals surface area contributed by atoms with E-state index in [0.717, 1.165) is 31.5 Å². The number of hydrogen-bond donors (Lipinski definition) is 2. The van der Waals surface area contributed by atoms with Gasteiger partial charge in [-0.1, -0.05) is 17.7 Å². The van der Waals surface area contributed by atoms with Gasteiger partial charge in [0.1, 0.15) is 0 Å². The van der Waals surface area contributed by atoms with Crippen LogP contribution in [0.3, 0.4) is 0 Å². The van der Waals surface area contributed by atoms with E-state index in [4.69, 9.17) is 11.6 Å². The summed E-state index contributed by atoms with van der Waals surface area (Å²) >= 11 is 5.91. The lowest BCUT2D eigenvalue weighted by Crippen LogP contribution is -2.42. The highest BCUT2D eigenvalue weighted by atomic mass is 35.5. The highest BCUT2D eigenvalue weighted by molar-refractivity contribution is 6.31. The van der Waals surface area contributed by atoms with Crippen molar-refractivity contribution >= 4 is 17.5 Å². The Balaban J connectivity index is 2.05. The van der Waals surface area contributed by atoms with Gasteiger partial charge in [0.25, 0.3) is 5.91 Å². The van der Waals surface area contributed by atoms with Crippen LogP contribution in [0.2, 0.25) is 5.02 Å². The number of amides is 1. The molecule has 1 aliphatic heterocycles. The molecule has 0 aromatic heterocycles. The molecule has 1 amide bonds. The quantitative estimate of drug-likeness (QED) is 0.847. The first-order chi connectivity index (χ1) is 8.16. The van der Waals surface area contributed by atoms with E-state index in [2.05, 4.69) is 10.6 Å². The van der Waals surface area contributed by atoms with Crippen molar-refractivity contribution in [2.24, 2.45) is 0 Å². The van der Waals surface area contributed by atoms with E-state index in [1.54, 1.807) is 12.1 Å². The Morgan fingerprint density at radius 2 is 2.12 bits per heavy atom. The van der Waals surface area contributed by atoms with Crippen molar-refractivity contribution in [3.05, 3.63) is 34.3 Å². The average Bonchev–Trinajstić information content (AvgIpc) is 2.33. The second kappa shape index (κ2) is 5.52. The Bertz CT molecular complexity index is 414. The van der Waals surface area contributed by atoms with Crippen LogP contribution in [0, 0.1) is 6.92 Å². The molecule has 0 unspecified atom stereocenters. The van der Waals surface area contributed by atoms with Gasteiger partial charge in [-0.25, -0.2) is 0 Å². The summed E-state index contributed by atoms with van der Waals surface area (Å²) in [5, 5.41) is 6.94. The van der Waals surface area contributed by atoms with E-state index in [1.807, 2.05) is 13.0 Å². The number of halogens is 1. The molecule has 0 atom stereocenters. The third-order valence-electron chi connectivity index (χ3n) is 3.12. The van der Waals surface area contributed by atoms with Crippen LogP contribution in [-0.2, 0) is 0 Å². The van der Waals surface area contributed by atoms with Crippen LogP contribution < -0.4 is 10.6 Å². The van der Waals surface area contributed by atoms with Crippen molar-refractivity contribution in [1.29, 1.82) is 0 Å². The molecule has 17 heavy (non-hydrogen) atoms. The zero-order valence-electron chi connectivity index (χ0n) is 9.92. The predicted octanol–water partition coefficient (Wildman–Crippen LogP) is 2.13. The highest BCUT2D eigenvalue weighted by Crippen LogP contribution is 2.16. The van der Waals surface area contributed by atoms with E-state index in [1.165, 1.54) is 0 Å². The monoisotopic (exact) mass is 252 g/mol. The number of carbonyl (C=O) groups excluding carboxylic acids is 1. The maximum Gasteiger partial charge on any atom is 0.251 e. The zero-order valence-corrected chi connectivity index (χ0v) is 10.7. The first-order valence-electron chi connectivity index (χ1n) is 5.94. The summed E-state index contributed by atoms with van der Waals surface area (Å²) in [5.41, 5.74) is 1.64. The van der Waals surface area contributed by atoms with Crippen LogP contribution in [0.15, 0.2) is 18.2 Å². The summed E-state index contributed by atoms with van der Waals surface area (Å²) < 4.78 is 0. The second-order valence-electron chi connectivity index (χ2n) is 4.46. The molecule has 2 rings (SSSR count). The average molecular weight is 253 g/mol. The Labute approximate surface area is 107 Å². The molecule has 1 saturated heterocycles. The largest absolute Gasteiger partial charge is 0.349 e. The van der Waals surface area contributed by atoms with Crippen LogP contribution >= 0.6 is 11.6 Å². The SMILES string of the molecule is Cc1ccc(Cl)cc1C(=O)NC1CCNCC1. The number of piperidine rings is 1. The van der Waals surface area contributed by atoms with Gasteiger partial charge in [-0.05, 0) is 50.6 Å². The summed E-state index contributed by atoms with van der Waals surface area (Å²) in [7, 11) is 0. The molecular formula is C13H17ClN2O. The Hall–Kier alpha value is -1.06. The molecule has 0 spiro atoms. The van der Waals surface area contributed by atoms with Gasteiger partial charge < -0.3 is 10.6 Å². The molecular weight excluding hydrogens is 236 g/mol. The number of carbonyl (C=O) groups is 1. The predicted molar refractivity (Wildman–Crippen MR) is 69.5 cm³/mol. The fourth-order valence-electron chi connectivity index (χ4n) is 2.07. The molecule has 1 fully saturated rings. The lowest BCUT2D eigenvalue weighted by atomic mass is 10.0. The molecule has 1 aliphatic rings. The number of hydrogen-bond acceptors (Lipinski definition) is 2. The second-order valence-corrected chi connectivity index (χ2v) is 4.89. The van der Waals surface area contributed by atoms with E-state index in [0.29, 0.717) is 10.6 Å². The molecule has 2 N–H and O–H groups in total. The third kappa shape index (κ3) is 3.20. The van der Waals surface area contributed by atoms with Gasteiger partial charge in [-0.3, -0.25) is 4.79 Å². The first-order valence-corrected chi connectivity index (χ1v) is 6.32. The molecule has 1 aromatic carbocycles. The van der Waals surface area contributed by atoms with E-state index in [9.17, 15) is 4.79 Å². The molecule has 1 aromatic rings. The Morgan fingerprint density at radius 3 is 2.82 bits per heavy atom. The van der Waals surface area contributed by atoms with Gasteiger partial charge in [-0.2, -0.15) is 0 Å². The molecule has 0 bridgehead atoms. The maximum atomic E-state index is 12.1. The number of benzene rings is 1. The van der Waals surface area contributed by atoms with Gasteiger partial charge in [0, 0.05) is 16.6 Å².